The van der Waals surface area contributed by atoms with Crippen LogP contribution in [-0.2, 0) is 6.54 Å². The Labute approximate surface area is 102 Å². The van der Waals surface area contributed by atoms with Crippen molar-refractivity contribution in [3.05, 3.63) is 29.6 Å². The molecule has 17 heavy (non-hydrogen) atoms. The lowest BCUT2D eigenvalue weighted by molar-refractivity contribution is 0.201. The van der Waals surface area contributed by atoms with Crippen molar-refractivity contribution >= 4 is 0 Å². The summed E-state index contributed by atoms with van der Waals surface area (Å²) in [6.45, 7) is 0.936. The Hall–Kier alpha value is -1.09. The van der Waals surface area contributed by atoms with E-state index in [2.05, 4.69) is 0 Å². The lowest BCUT2D eigenvalue weighted by atomic mass is 9.90. The summed E-state index contributed by atoms with van der Waals surface area (Å²) < 4.78 is 19.3. The fraction of sp³-hybridized carbons (Fsp3) is 0.571. The Bertz CT molecular complexity index is 361. The maximum absolute atomic E-state index is 13.6. The largest absolute Gasteiger partial charge is 0.490 e. The van der Waals surface area contributed by atoms with Gasteiger partial charge in [-0.3, -0.25) is 0 Å². The van der Waals surface area contributed by atoms with Crippen molar-refractivity contribution in [2.45, 2.75) is 38.6 Å². The second-order valence-corrected chi connectivity index (χ2v) is 4.75. The molecule has 1 aliphatic rings. The Morgan fingerprint density at radius 3 is 2.71 bits per heavy atom. The summed E-state index contributed by atoms with van der Waals surface area (Å²) in [4.78, 5) is 0. The van der Waals surface area contributed by atoms with Crippen molar-refractivity contribution in [2.24, 2.45) is 11.7 Å². The Kier molecular flexibility index (Phi) is 4.37. The van der Waals surface area contributed by atoms with E-state index >= 15 is 0 Å². The van der Waals surface area contributed by atoms with Gasteiger partial charge in [0.25, 0.3) is 0 Å². The van der Waals surface area contributed by atoms with E-state index in [1.54, 1.807) is 6.07 Å². The van der Waals surface area contributed by atoms with Crippen LogP contribution in [0.2, 0.25) is 0 Å². The van der Waals surface area contributed by atoms with Crippen LogP contribution in [0.4, 0.5) is 4.39 Å². The molecule has 1 aromatic rings. The predicted molar refractivity (Wildman–Crippen MR) is 66.4 cm³/mol. The average molecular weight is 237 g/mol. The molecule has 0 radical (unpaired) electrons. The zero-order valence-electron chi connectivity index (χ0n) is 10.1. The maximum Gasteiger partial charge on any atom is 0.165 e. The quantitative estimate of drug-likeness (QED) is 0.872. The molecule has 0 spiro atoms. The van der Waals surface area contributed by atoms with E-state index in [0.29, 0.717) is 24.8 Å². The highest BCUT2D eigenvalue weighted by atomic mass is 19.1. The average Bonchev–Trinajstić information content (AvgIpc) is 2.38. The predicted octanol–water partition coefficient (Wildman–Crippen LogP) is 3.24. The first-order valence-electron chi connectivity index (χ1n) is 6.41. The SMILES string of the molecule is NCc1cccc(F)c1OCC1CCCCC1. The normalized spacial score (nSPS) is 17.1. The Morgan fingerprint density at radius 2 is 2.00 bits per heavy atom. The summed E-state index contributed by atoms with van der Waals surface area (Å²) in [7, 11) is 0. The Morgan fingerprint density at radius 1 is 1.24 bits per heavy atom. The van der Waals surface area contributed by atoms with Gasteiger partial charge in [-0.25, -0.2) is 4.39 Å². The fourth-order valence-corrected chi connectivity index (χ4v) is 2.43. The summed E-state index contributed by atoms with van der Waals surface area (Å²) in [6, 6.07) is 4.92. The number of ether oxygens (including phenoxy) is 1. The van der Waals surface area contributed by atoms with Crippen LogP contribution in [0.5, 0.6) is 5.75 Å². The first kappa shape index (κ1) is 12.4. The third-order valence-corrected chi connectivity index (χ3v) is 3.46. The van der Waals surface area contributed by atoms with E-state index in [1.807, 2.05) is 6.07 Å². The Balaban J connectivity index is 1.97. The smallest absolute Gasteiger partial charge is 0.165 e. The van der Waals surface area contributed by atoms with Crippen molar-refractivity contribution in [2.75, 3.05) is 6.61 Å². The van der Waals surface area contributed by atoms with Crippen molar-refractivity contribution in [3.63, 3.8) is 0 Å². The van der Waals surface area contributed by atoms with Gasteiger partial charge in [-0.1, -0.05) is 31.4 Å². The van der Waals surface area contributed by atoms with Crippen LogP contribution in [0.15, 0.2) is 18.2 Å². The first-order valence-corrected chi connectivity index (χ1v) is 6.41. The van der Waals surface area contributed by atoms with Gasteiger partial charge >= 0.3 is 0 Å². The van der Waals surface area contributed by atoms with E-state index in [4.69, 9.17) is 10.5 Å². The van der Waals surface area contributed by atoms with Gasteiger partial charge in [0.15, 0.2) is 11.6 Å². The number of para-hydroxylation sites is 1. The topological polar surface area (TPSA) is 35.2 Å². The van der Waals surface area contributed by atoms with Crippen molar-refractivity contribution in [1.82, 2.24) is 0 Å². The van der Waals surface area contributed by atoms with Gasteiger partial charge in [0.05, 0.1) is 6.61 Å². The third kappa shape index (κ3) is 3.19. The summed E-state index contributed by atoms with van der Waals surface area (Å²) in [6.07, 6.45) is 6.27. The monoisotopic (exact) mass is 237 g/mol. The number of nitrogens with two attached hydrogens (primary N) is 1. The highest BCUT2D eigenvalue weighted by Crippen LogP contribution is 2.27. The molecule has 0 bridgehead atoms. The van der Waals surface area contributed by atoms with Gasteiger partial charge in [-0.15, -0.1) is 0 Å². The molecule has 1 aromatic carbocycles. The molecule has 3 heteroatoms. The number of halogens is 1. The molecule has 0 atom stereocenters. The zero-order valence-corrected chi connectivity index (χ0v) is 10.1. The minimum atomic E-state index is -0.302. The highest BCUT2D eigenvalue weighted by Gasteiger charge is 2.16. The van der Waals surface area contributed by atoms with Crippen molar-refractivity contribution in [3.8, 4) is 5.75 Å². The molecule has 0 unspecified atom stereocenters. The van der Waals surface area contributed by atoms with Gasteiger partial charge in [0.1, 0.15) is 0 Å². The van der Waals surface area contributed by atoms with E-state index in [9.17, 15) is 4.39 Å². The summed E-state index contributed by atoms with van der Waals surface area (Å²) in [5, 5.41) is 0. The molecule has 2 nitrogen and oxygen atoms in total. The van der Waals surface area contributed by atoms with Gasteiger partial charge in [0.2, 0.25) is 0 Å². The molecule has 0 aromatic heterocycles. The molecular formula is C14H20FNO. The zero-order chi connectivity index (χ0) is 12.1. The van der Waals surface area contributed by atoms with Crippen LogP contribution in [0.1, 0.15) is 37.7 Å². The van der Waals surface area contributed by atoms with Crippen molar-refractivity contribution < 1.29 is 9.13 Å². The van der Waals surface area contributed by atoms with Crippen LogP contribution >= 0.6 is 0 Å². The van der Waals surface area contributed by atoms with Gasteiger partial charge in [-0.2, -0.15) is 0 Å². The first-order chi connectivity index (χ1) is 8.31. The van der Waals surface area contributed by atoms with E-state index in [-0.39, 0.29) is 5.82 Å². The molecular weight excluding hydrogens is 217 g/mol. The molecule has 94 valence electrons. The molecule has 1 aliphatic carbocycles. The fourth-order valence-electron chi connectivity index (χ4n) is 2.43. The maximum atomic E-state index is 13.6. The summed E-state index contributed by atoms with van der Waals surface area (Å²) in [5.74, 6) is 0.623. The number of rotatable bonds is 4. The molecule has 2 N–H and O–H groups in total. The molecule has 1 fully saturated rings. The minimum Gasteiger partial charge on any atom is -0.490 e. The van der Waals surface area contributed by atoms with Crippen LogP contribution in [0, 0.1) is 11.7 Å². The van der Waals surface area contributed by atoms with E-state index in [0.717, 1.165) is 5.56 Å². The van der Waals surface area contributed by atoms with Crippen molar-refractivity contribution in [1.29, 1.82) is 0 Å². The molecule has 0 saturated heterocycles. The second-order valence-electron chi connectivity index (χ2n) is 4.75. The van der Waals surface area contributed by atoms with Crippen LogP contribution in [-0.4, -0.2) is 6.61 Å². The number of hydrogen-bond donors (Lipinski definition) is 1. The third-order valence-electron chi connectivity index (χ3n) is 3.46. The summed E-state index contributed by atoms with van der Waals surface area (Å²) >= 11 is 0. The van der Waals surface area contributed by atoms with E-state index in [1.165, 1.54) is 38.2 Å². The number of hydrogen-bond acceptors (Lipinski definition) is 2. The summed E-state index contributed by atoms with van der Waals surface area (Å²) in [5.41, 5.74) is 6.33. The minimum absolute atomic E-state index is 0.302. The molecule has 0 amide bonds. The second kappa shape index (κ2) is 6.01. The van der Waals surface area contributed by atoms with Crippen LogP contribution in [0.3, 0.4) is 0 Å². The molecule has 2 rings (SSSR count). The molecule has 1 saturated carbocycles. The van der Waals surface area contributed by atoms with Gasteiger partial charge < -0.3 is 10.5 Å². The van der Waals surface area contributed by atoms with Gasteiger partial charge in [-0.05, 0) is 24.8 Å². The highest BCUT2D eigenvalue weighted by molar-refractivity contribution is 5.34. The molecule has 0 heterocycles. The van der Waals surface area contributed by atoms with E-state index < -0.39 is 0 Å². The van der Waals surface area contributed by atoms with Crippen LogP contribution < -0.4 is 10.5 Å². The van der Waals surface area contributed by atoms with Gasteiger partial charge in [0, 0.05) is 12.1 Å². The number of benzene rings is 1. The lowest BCUT2D eigenvalue weighted by Crippen LogP contribution is -2.16. The lowest BCUT2D eigenvalue weighted by Gasteiger charge is -2.22. The standard InChI is InChI=1S/C14H20FNO/c15-13-8-4-7-12(9-16)14(13)17-10-11-5-2-1-3-6-11/h4,7-8,11H,1-3,5-6,9-10,16H2. The van der Waals surface area contributed by atoms with Crippen LogP contribution in [0.25, 0.3) is 0 Å². The molecule has 0 aliphatic heterocycles.